The second kappa shape index (κ2) is 6.55. The van der Waals surface area contributed by atoms with Crippen LogP contribution in [0.4, 0.5) is 0 Å². The third kappa shape index (κ3) is 4.18. The van der Waals surface area contributed by atoms with E-state index >= 15 is 0 Å². The molecule has 2 rings (SSSR count). The summed E-state index contributed by atoms with van der Waals surface area (Å²) in [7, 11) is 0. The zero-order chi connectivity index (χ0) is 14.6. The molecule has 4 heteroatoms. The molecule has 1 N–H and O–H groups in total. The number of rotatable bonds is 5. The number of imidazole rings is 1. The highest BCUT2D eigenvalue weighted by Crippen LogP contribution is 2.22. The summed E-state index contributed by atoms with van der Waals surface area (Å²) >= 11 is 3.60. The van der Waals surface area contributed by atoms with Crippen LogP contribution in [0.3, 0.4) is 0 Å². The van der Waals surface area contributed by atoms with E-state index in [0.29, 0.717) is 6.04 Å². The second-order valence-electron chi connectivity index (χ2n) is 6.15. The van der Waals surface area contributed by atoms with E-state index in [1.807, 2.05) is 24.8 Å². The lowest BCUT2D eigenvalue weighted by atomic mass is 9.86. The van der Waals surface area contributed by atoms with E-state index in [2.05, 4.69) is 69.8 Å². The van der Waals surface area contributed by atoms with Crippen molar-refractivity contribution in [1.82, 2.24) is 14.9 Å². The van der Waals surface area contributed by atoms with Crippen LogP contribution in [0, 0.1) is 5.41 Å². The molecule has 0 fully saturated rings. The molecule has 1 heterocycles. The van der Waals surface area contributed by atoms with Crippen LogP contribution in [0.1, 0.15) is 26.3 Å². The Balaban J connectivity index is 2.03. The van der Waals surface area contributed by atoms with Gasteiger partial charge in [-0.25, -0.2) is 4.98 Å². The van der Waals surface area contributed by atoms with E-state index in [9.17, 15) is 0 Å². The quantitative estimate of drug-likeness (QED) is 0.899. The Kier molecular flexibility index (Phi) is 5.00. The Bertz CT molecular complexity index is 529. The Morgan fingerprint density at radius 2 is 2.05 bits per heavy atom. The SMILES string of the molecule is CC(C)(C)C(Cn1ccnc1)NCc1ccccc1Br. The molecule has 0 aliphatic heterocycles. The zero-order valence-electron chi connectivity index (χ0n) is 12.3. The number of hydrogen-bond acceptors (Lipinski definition) is 2. The summed E-state index contributed by atoms with van der Waals surface area (Å²) in [5.74, 6) is 0. The van der Waals surface area contributed by atoms with Gasteiger partial charge in [0.15, 0.2) is 0 Å². The van der Waals surface area contributed by atoms with Crippen molar-refractivity contribution >= 4 is 15.9 Å². The van der Waals surface area contributed by atoms with Crippen LogP contribution in [0.25, 0.3) is 0 Å². The first-order chi connectivity index (χ1) is 9.47. The van der Waals surface area contributed by atoms with Crippen molar-refractivity contribution in [2.24, 2.45) is 5.41 Å². The largest absolute Gasteiger partial charge is 0.336 e. The molecule has 1 atom stereocenters. The number of nitrogens with one attached hydrogen (secondary N) is 1. The summed E-state index contributed by atoms with van der Waals surface area (Å²) in [4.78, 5) is 4.12. The van der Waals surface area contributed by atoms with Gasteiger partial charge in [-0.15, -0.1) is 0 Å². The van der Waals surface area contributed by atoms with Crippen LogP contribution in [0.15, 0.2) is 47.5 Å². The molecule has 0 aliphatic rings. The number of hydrogen-bond donors (Lipinski definition) is 1. The summed E-state index contributed by atoms with van der Waals surface area (Å²) in [5, 5.41) is 3.68. The first-order valence-corrected chi connectivity index (χ1v) is 7.68. The summed E-state index contributed by atoms with van der Waals surface area (Å²) in [6, 6.07) is 8.72. The first kappa shape index (κ1) is 15.3. The topological polar surface area (TPSA) is 29.9 Å². The molecule has 0 aliphatic carbocycles. The summed E-state index contributed by atoms with van der Waals surface area (Å²) in [5.41, 5.74) is 1.47. The van der Waals surface area contributed by atoms with Gasteiger partial charge in [-0.1, -0.05) is 54.9 Å². The van der Waals surface area contributed by atoms with Gasteiger partial charge in [0.25, 0.3) is 0 Å². The number of aromatic nitrogens is 2. The molecule has 20 heavy (non-hydrogen) atoms. The zero-order valence-corrected chi connectivity index (χ0v) is 13.9. The lowest BCUT2D eigenvalue weighted by Crippen LogP contribution is -2.43. The van der Waals surface area contributed by atoms with Gasteiger partial charge in [0.1, 0.15) is 0 Å². The van der Waals surface area contributed by atoms with E-state index in [4.69, 9.17) is 0 Å². The summed E-state index contributed by atoms with van der Waals surface area (Å²) in [6.07, 6.45) is 5.71. The van der Waals surface area contributed by atoms with Crippen LogP contribution in [-0.4, -0.2) is 15.6 Å². The van der Waals surface area contributed by atoms with Crippen molar-refractivity contribution in [3.05, 3.63) is 53.0 Å². The number of nitrogens with zero attached hydrogens (tertiary/aromatic N) is 2. The molecule has 0 spiro atoms. The summed E-state index contributed by atoms with van der Waals surface area (Å²) in [6.45, 7) is 8.58. The third-order valence-electron chi connectivity index (χ3n) is 3.49. The lowest BCUT2D eigenvalue weighted by Gasteiger charge is -2.32. The minimum absolute atomic E-state index is 0.186. The highest BCUT2D eigenvalue weighted by molar-refractivity contribution is 9.10. The Morgan fingerprint density at radius 1 is 1.30 bits per heavy atom. The van der Waals surface area contributed by atoms with Crippen LogP contribution in [0.2, 0.25) is 0 Å². The van der Waals surface area contributed by atoms with E-state index in [1.54, 1.807) is 0 Å². The molecule has 1 unspecified atom stereocenters. The van der Waals surface area contributed by atoms with Gasteiger partial charge < -0.3 is 9.88 Å². The van der Waals surface area contributed by atoms with Crippen LogP contribution >= 0.6 is 15.9 Å². The maximum Gasteiger partial charge on any atom is 0.0946 e. The van der Waals surface area contributed by atoms with Gasteiger partial charge in [0, 0.05) is 36.0 Å². The molecule has 0 amide bonds. The van der Waals surface area contributed by atoms with Gasteiger partial charge in [0.05, 0.1) is 6.33 Å². The van der Waals surface area contributed by atoms with Crippen molar-refractivity contribution in [1.29, 1.82) is 0 Å². The lowest BCUT2D eigenvalue weighted by molar-refractivity contribution is 0.240. The molecule has 0 saturated carbocycles. The molecular formula is C16H22BrN3. The molecule has 1 aromatic carbocycles. The van der Waals surface area contributed by atoms with E-state index in [-0.39, 0.29) is 5.41 Å². The normalized spacial score (nSPS) is 13.4. The van der Waals surface area contributed by atoms with Gasteiger partial charge in [-0.05, 0) is 17.0 Å². The fourth-order valence-corrected chi connectivity index (χ4v) is 2.55. The average molecular weight is 336 g/mol. The average Bonchev–Trinajstić information content (AvgIpc) is 2.87. The van der Waals surface area contributed by atoms with Gasteiger partial charge in [-0.2, -0.15) is 0 Å². The van der Waals surface area contributed by atoms with Crippen LogP contribution in [0.5, 0.6) is 0 Å². The Labute approximate surface area is 129 Å². The monoisotopic (exact) mass is 335 g/mol. The van der Waals surface area contributed by atoms with E-state index in [1.165, 1.54) is 5.56 Å². The minimum Gasteiger partial charge on any atom is -0.336 e. The number of benzene rings is 1. The van der Waals surface area contributed by atoms with Crippen LogP contribution in [-0.2, 0) is 13.1 Å². The van der Waals surface area contributed by atoms with Crippen LogP contribution < -0.4 is 5.32 Å². The van der Waals surface area contributed by atoms with Crippen molar-refractivity contribution in [2.75, 3.05) is 0 Å². The van der Waals surface area contributed by atoms with Crippen molar-refractivity contribution < 1.29 is 0 Å². The Hall–Kier alpha value is -1.13. The Morgan fingerprint density at radius 3 is 2.65 bits per heavy atom. The fraction of sp³-hybridized carbons (Fsp3) is 0.438. The predicted octanol–water partition coefficient (Wildman–Crippen LogP) is 3.85. The molecule has 0 saturated heterocycles. The molecule has 108 valence electrons. The highest BCUT2D eigenvalue weighted by atomic mass is 79.9. The molecular weight excluding hydrogens is 314 g/mol. The summed E-state index contributed by atoms with van der Waals surface area (Å²) < 4.78 is 3.28. The fourth-order valence-electron chi connectivity index (χ4n) is 2.13. The number of halogens is 1. The second-order valence-corrected chi connectivity index (χ2v) is 7.00. The van der Waals surface area contributed by atoms with Crippen molar-refractivity contribution in [3.8, 4) is 0 Å². The van der Waals surface area contributed by atoms with Crippen molar-refractivity contribution in [2.45, 2.75) is 39.9 Å². The maximum absolute atomic E-state index is 4.12. The van der Waals surface area contributed by atoms with Gasteiger partial charge in [0.2, 0.25) is 0 Å². The predicted molar refractivity (Wildman–Crippen MR) is 86.5 cm³/mol. The standard InChI is InChI=1S/C16H22BrN3/c1-16(2,3)15(11-20-9-8-18-12-20)19-10-13-6-4-5-7-14(13)17/h4-9,12,15,19H,10-11H2,1-3H3. The minimum atomic E-state index is 0.186. The third-order valence-corrected chi connectivity index (χ3v) is 4.27. The van der Waals surface area contributed by atoms with Gasteiger partial charge >= 0.3 is 0 Å². The van der Waals surface area contributed by atoms with Gasteiger partial charge in [-0.3, -0.25) is 0 Å². The molecule has 1 aromatic heterocycles. The molecule has 0 bridgehead atoms. The van der Waals surface area contributed by atoms with Crippen molar-refractivity contribution in [3.63, 3.8) is 0 Å². The van der Waals surface area contributed by atoms with E-state index < -0.39 is 0 Å². The van der Waals surface area contributed by atoms with E-state index in [0.717, 1.165) is 17.6 Å². The highest BCUT2D eigenvalue weighted by Gasteiger charge is 2.24. The molecule has 2 aromatic rings. The molecule has 0 radical (unpaired) electrons. The maximum atomic E-state index is 4.12. The smallest absolute Gasteiger partial charge is 0.0946 e. The first-order valence-electron chi connectivity index (χ1n) is 6.89. The molecule has 3 nitrogen and oxygen atoms in total.